The molecule has 0 amide bonds. The molecule has 0 saturated carbocycles. The highest BCUT2D eigenvalue weighted by Crippen LogP contribution is 2.27. The Kier molecular flexibility index (Phi) is 4.68. The van der Waals surface area contributed by atoms with E-state index in [1.165, 1.54) is 0 Å². The molecule has 5 nitrogen and oxygen atoms in total. The lowest BCUT2D eigenvalue weighted by Crippen LogP contribution is -2.03. The number of aliphatic hydroxyl groups excluding tert-OH is 1. The summed E-state index contributed by atoms with van der Waals surface area (Å²) < 4.78 is 0. The van der Waals surface area contributed by atoms with Gasteiger partial charge in [0.2, 0.25) is 5.95 Å². The van der Waals surface area contributed by atoms with Crippen LogP contribution in [0.15, 0.2) is 78.9 Å². The lowest BCUT2D eigenvalue weighted by molar-refractivity contribution is 0.199. The zero-order valence-electron chi connectivity index (χ0n) is 14.9. The van der Waals surface area contributed by atoms with E-state index in [1.807, 2.05) is 78.9 Å². The van der Waals surface area contributed by atoms with E-state index in [1.54, 1.807) is 6.92 Å². The molecule has 3 aromatic carbocycles. The number of nitrogens with one attached hydrogen (secondary N) is 2. The second kappa shape index (κ2) is 7.43. The summed E-state index contributed by atoms with van der Waals surface area (Å²) in [5, 5.41) is 17.4. The van der Waals surface area contributed by atoms with Gasteiger partial charge >= 0.3 is 0 Å². The topological polar surface area (TPSA) is 70.1 Å². The molecule has 0 radical (unpaired) electrons. The van der Waals surface area contributed by atoms with Gasteiger partial charge in [0.05, 0.1) is 11.6 Å². The van der Waals surface area contributed by atoms with E-state index in [0.29, 0.717) is 5.95 Å². The highest BCUT2D eigenvalue weighted by Gasteiger charge is 2.09. The van der Waals surface area contributed by atoms with E-state index in [-0.39, 0.29) is 0 Å². The molecule has 1 atom stereocenters. The number of nitrogens with zero attached hydrogens (tertiary/aromatic N) is 2. The molecular formula is C22H20N4O. The number of hydrogen-bond donors (Lipinski definition) is 3. The number of hydrogen-bond acceptors (Lipinski definition) is 5. The van der Waals surface area contributed by atoms with Crippen molar-refractivity contribution in [3.63, 3.8) is 0 Å². The highest BCUT2D eigenvalue weighted by atomic mass is 16.3. The van der Waals surface area contributed by atoms with Gasteiger partial charge in [0, 0.05) is 16.8 Å². The summed E-state index contributed by atoms with van der Waals surface area (Å²) >= 11 is 0. The number of aliphatic hydroxyl groups is 1. The van der Waals surface area contributed by atoms with Gasteiger partial charge < -0.3 is 15.7 Å². The van der Waals surface area contributed by atoms with Crippen LogP contribution in [-0.2, 0) is 0 Å². The minimum Gasteiger partial charge on any atom is -0.389 e. The maximum Gasteiger partial charge on any atom is 0.229 e. The maximum absolute atomic E-state index is 9.79. The van der Waals surface area contributed by atoms with Crippen LogP contribution < -0.4 is 10.6 Å². The van der Waals surface area contributed by atoms with E-state index in [2.05, 4.69) is 20.6 Å². The van der Waals surface area contributed by atoms with E-state index in [4.69, 9.17) is 0 Å². The van der Waals surface area contributed by atoms with Crippen LogP contribution in [0.5, 0.6) is 0 Å². The van der Waals surface area contributed by atoms with Crippen LogP contribution in [0.3, 0.4) is 0 Å². The third-order valence-corrected chi connectivity index (χ3v) is 4.26. The zero-order chi connectivity index (χ0) is 18.6. The largest absolute Gasteiger partial charge is 0.389 e. The number of anilines is 4. The van der Waals surface area contributed by atoms with Crippen molar-refractivity contribution < 1.29 is 5.11 Å². The SMILES string of the molecule is CC(O)c1cccc(Nc2nc(Nc3ccccc3)c3ccccc3n2)c1. The van der Waals surface area contributed by atoms with Gasteiger partial charge in [0.25, 0.3) is 0 Å². The fourth-order valence-corrected chi connectivity index (χ4v) is 2.89. The van der Waals surface area contributed by atoms with Crippen LogP contribution in [0.1, 0.15) is 18.6 Å². The molecular weight excluding hydrogens is 336 g/mol. The van der Waals surface area contributed by atoms with Gasteiger partial charge in [-0.2, -0.15) is 4.98 Å². The lowest BCUT2D eigenvalue weighted by Gasteiger charge is -2.13. The molecule has 0 aliphatic rings. The van der Waals surface area contributed by atoms with Gasteiger partial charge in [0.15, 0.2) is 0 Å². The molecule has 0 aliphatic carbocycles. The molecule has 3 N–H and O–H groups in total. The average Bonchev–Trinajstić information content (AvgIpc) is 2.69. The van der Waals surface area contributed by atoms with Gasteiger partial charge in [0.1, 0.15) is 5.82 Å². The van der Waals surface area contributed by atoms with Gasteiger partial charge in [-0.3, -0.25) is 0 Å². The first-order valence-electron chi connectivity index (χ1n) is 8.83. The second-order valence-electron chi connectivity index (χ2n) is 6.33. The molecule has 1 heterocycles. The van der Waals surface area contributed by atoms with E-state index in [0.717, 1.165) is 33.7 Å². The van der Waals surface area contributed by atoms with Gasteiger partial charge in [-0.25, -0.2) is 4.98 Å². The van der Waals surface area contributed by atoms with Crippen molar-refractivity contribution in [2.45, 2.75) is 13.0 Å². The van der Waals surface area contributed by atoms with Crippen LogP contribution >= 0.6 is 0 Å². The van der Waals surface area contributed by atoms with E-state index >= 15 is 0 Å². The molecule has 0 bridgehead atoms. The second-order valence-corrected chi connectivity index (χ2v) is 6.33. The number of rotatable bonds is 5. The summed E-state index contributed by atoms with van der Waals surface area (Å²) in [4.78, 5) is 9.29. The van der Waals surface area contributed by atoms with Crippen molar-refractivity contribution in [2.24, 2.45) is 0 Å². The van der Waals surface area contributed by atoms with Crippen LogP contribution in [-0.4, -0.2) is 15.1 Å². The predicted molar refractivity (Wildman–Crippen MR) is 110 cm³/mol. The van der Waals surface area contributed by atoms with Crippen LogP contribution in [0, 0.1) is 0 Å². The molecule has 0 spiro atoms. The fraction of sp³-hybridized carbons (Fsp3) is 0.0909. The van der Waals surface area contributed by atoms with Crippen molar-refractivity contribution in [1.29, 1.82) is 0 Å². The predicted octanol–water partition coefficient (Wildman–Crippen LogP) is 5.17. The molecule has 4 rings (SSSR count). The first-order valence-corrected chi connectivity index (χ1v) is 8.83. The first kappa shape index (κ1) is 17.0. The highest BCUT2D eigenvalue weighted by molar-refractivity contribution is 5.91. The standard InChI is InChI=1S/C22H20N4O/c1-15(27)16-8-7-11-18(14-16)24-22-25-20-13-6-5-12-19(20)21(26-22)23-17-9-3-2-4-10-17/h2-15,27H,1H3,(H2,23,24,25,26). The molecule has 27 heavy (non-hydrogen) atoms. The summed E-state index contributed by atoms with van der Waals surface area (Å²) in [5.41, 5.74) is 3.47. The number of benzene rings is 3. The molecule has 134 valence electrons. The summed E-state index contributed by atoms with van der Waals surface area (Å²) in [6.07, 6.45) is -0.528. The Bertz CT molecular complexity index is 1060. The van der Waals surface area contributed by atoms with Crippen molar-refractivity contribution in [3.8, 4) is 0 Å². The summed E-state index contributed by atoms with van der Waals surface area (Å²) in [7, 11) is 0. The number of fused-ring (bicyclic) bond motifs is 1. The smallest absolute Gasteiger partial charge is 0.229 e. The average molecular weight is 356 g/mol. The van der Waals surface area contributed by atoms with E-state index < -0.39 is 6.10 Å². The van der Waals surface area contributed by atoms with Crippen LogP contribution in [0.2, 0.25) is 0 Å². The molecule has 1 unspecified atom stereocenters. The lowest BCUT2D eigenvalue weighted by atomic mass is 10.1. The normalized spacial score (nSPS) is 11.9. The maximum atomic E-state index is 9.79. The zero-order valence-corrected chi connectivity index (χ0v) is 14.9. The summed E-state index contributed by atoms with van der Waals surface area (Å²) in [5.74, 6) is 1.23. The van der Waals surface area contributed by atoms with E-state index in [9.17, 15) is 5.11 Å². The number of aromatic nitrogens is 2. The first-order chi connectivity index (χ1) is 13.2. The van der Waals surface area contributed by atoms with Crippen molar-refractivity contribution in [2.75, 3.05) is 10.6 Å². The van der Waals surface area contributed by atoms with Crippen molar-refractivity contribution in [3.05, 3.63) is 84.4 Å². The molecule has 4 aromatic rings. The Morgan fingerprint density at radius 3 is 2.33 bits per heavy atom. The fourth-order valence-electron chi connectivity index (χ4n) is 2.89. The Hall–Kier alpha value is -3.44. The van der Waals surface area contributed by atoms with Gasteiger partial charge in [-0.15, -0.1) is 0 Å². The summed E-state index contributed by atoms with van der Waals surface area (Å²) in [6.45, 7) is 1.74. The molecule has 0 aliphatic heterocycles. The van der Waals surface area contributed by atoms with Gasteiger partial charge in [-0.1, -0.05) is 42.5 Å². The molecule has 5 heteroatoms. The van der Waals surface area contributed by atoms with Gasteiger partial charge in [-0.05, 0) is 48.9 Å². The van der Waals surface area contributed by atoms with Crippen molar-refractivity contribution >= 4 is 34.0 Å². The van der Waals surface area contributed by atoms with Crippen molar-refractivity contribution in [1.82, 2.24) is 9.97 Å². The quantitative estimate of drug-likeness (QED) is 0.460. The van der Waals surface area contributed by atoms with Crippen LogP contribution in [0.4, 0.5) is 23.1 Å². The molecule has 0 saturated heterocycles. The Morgan fingerprint density at radius 2 is 1.52 bits per heavy atom. The molecule has 0 fully saturated rings. The Labute approximate surface area is 157 Å². The Morgan fingerprint density at radius 1 is 0.778 bits per heavy atom. The monoisotopic (exact) mass is 356 g/mol. The summed E-state index contributed by atoms with van der Waals surface area (Å²) in [6, 6.07) is 25.4. The molecule has 1 aromatic heterocycles. The Balaban J connectivity index is 1.72. The third-order valence-electron chi connectivity index (χ3n) is 4.26. The number of para-hydroxylation sites is 2. The minimum absolute atomic E-state index is 0.495. The van der Waals surface area contributed by atoms with Crippen LogP contribution in [0.25, 0.3) is 10.9 Å². The minimum atomic E-state index is -0.528. The third kappa shape index (κ3) is 3.88.